The number of hydrogen-bond donors (Lipinski definition) is 2. The molecule has 0 saturated heterocycles. The summed E-state index contributed by atoms with van der Waals surface area (Å²) in [6, 6.07) is 9.37. The van der Waals surface area contributed by atoms with E-state index in [2.05, 4.69) is 41.5 Å². The lowest BCUT2D eigenvalue weighted by atomic mass is 10.3. The molecule has 0 aliphatic rings. The smallest absolute Gasteiger partial charge is 0.230 e. The molecule has 0 atom stereocenters. The van der Waals surface area contributed by atoms with E-state index in [0.717, 1.165) is 21.5 Å². The van der Waals surface area contributed by atoms with Gasteiger partial charge in [0.25, 0.3) is 0 Å². The lowest BCUT2D eigenvalue weighted by molar-refractivity contribution is -0.115. The molecule has 0 bridgehead atoms. The Balaban J connectivity index is 1.62. The summed E-state index contributed by atoms with van der Waals surface area (Å²) >= 11 is 4.80. The van der Waals surface area contributed by atoms with Crippen molar-refractivity contribution in [2.45, 2.75) is 20.3 Å². The first-order valence-electron chi connectivity index (χ1n) is 7.57. The van der Waals surface area contributed by atoms with Gasteiger partial charge in [0.2, 0.25) is 11.9 Å². The highest BCUT2D eigenvalue weighted by molar-refractivity contribution is 9.10. The normalized spacial score (nSPS) is 10.5. The van der Waals surface area contributed by atoms with Crippen LogP contribution < -0.4 is 10.6 Å². The van der Waals surface area contributed by atoms with Crippen LogP contribution in [0.25, 0.3) is 0 Å². The van der Waals surface area contributed by atoms with Crippen LogP contribution in [0.1, 0.15) is 17.1 Å². The van der Waals surface area contributed by atoms with Gasteiger partial charge in [0, 0.05) is 26.9 Å². The van der Waals surface area contributed by atoms with E-state index in [0.29, 0.717) is 16.8 Å². The quantitative estimate of drug-likeness (QED) is 0.648. The zero-order valence-corrected chi connectivity index (χ0v) is 16.1. The van der Waals surface area contributed by atoms with Gasteiger partial charge in [-0.25, -0.2) is 15.0 Å². The van der Waals surface area contributed by atoms with Crippen LogP contribution in [-0.2, 0) is 11.2 Å². The van der Waals surface area contributed by atoms with Crippen LogP contribution in [0.2, 0.25) is 0 Å². The van der Waals surface area contributed by atoms with E-state index in [4.69, 9.17) is 0 Å². The number of hydrogen-bond acceptors (Lipinski definition) is 6. The Morgan fingerprint density at radius 2 is 1.92 bits per heavy atom. The molecule has 2 aromatic heterocycles. The minimum atomic E-state index is -0.113. The van der Waals surface area contributed by atoms with Gasteiger partial charge in [-0.2, -0.15) is 0 Å². The number of thiazole rings is 1. The van der Waals surface area contributed by atoms with E-state index >= 15 is 0 Å². The van der Waals surface area contributed by atoms with Crippen molar-refractivity contribution in [3.63, 3.8) is 0 Å². The van der Waals surface area contributed by atoms with Gasteiger partial charge in [0.1, 0.15) is 0 Å². The summed E-state index contributed by atoms with van der Waals surface area (Å²) < 4.78 is 0.916. The third kappa shape index (κ3) is 5.07. The van der Waals surface area contributed by atoms with Crippen LogP contribution in [0, 0.1) is 13.8 Å². The van der Waals surface area contributed by atoms with Gasteiger partial charge in [-0.15, -0.1) is 11.3 Å². The summed E-state index contributed by atoms with van der Waals surface area (Å²) in [6.45, 7) is 3.83. The summed E-state index contributed by atoms with van der Waals surface area (Å²) in [4.78, 5) is 25.2. The van der Waals surface area contributed by atoms with E-state index in [1.807, 2.05) is 49.6 Å². The molecule has 0 fully saturated rings. The Bertz CT molecular complexity index is 891. The molecule has 0 spiro atoms. The number of benzene rings is 1. The maximum atomic E-state index is 12.1. The molecule has 128 valence electrons. The van der Waals surface area contributed by atoms with E-state index in [9.17, 15) is 4.79 Å². The molecule has 0 unspecified atom stereocenters. The summed E-state index contributed by atoms with van der Waals surface area (Å²) in [5.74, 6) is 0.398. The maximum absolute atomic E-state index is 12.1. The molecule has 3 rings (SSSR count). The minimum Gasteiger partial charge on any atom is -0.326 e. The number of carbonyl (C=O) groups excluding carboxylic acids is 1. The molecule has 0 radical (unpaired) electrons. The van der Waals surface area contributed by atoms with Crippen LogP contribution in [0.15, 0.2) is 40.2 Å². The number of anilines is 3. The topological polar surface area (TPSA) is 79.8 Å². The van der Waals surface area contributed by atoms with Gasteiger partial charge in [-0.05, 0) is 38.1 Å². The van der Waals surface area contributed by atoms with Crippen LogP contribution >= 0.6 is 27.3 Å². The Hall–Kier alpha value is -2.32. The highest BCUT2D eigenvalue weighted by Crippen LogP contribution is 2.20. The van der Waals surface area contributed by atoms with E-state index in [1.165, 1.54) is 11.3 Å². The van der Waals surface area contributed by atoms with Crippen molar-refractivity contribution >= 4 is 49.9 Å². The number of aromatic nitrogens is 3. The predicted molar refractivity (Wildman–Crippen MR) is 103 cm³/mol. The van der Waals surface area contributed by atoms with E-state index in [-0.39, 0.29) is 12.3 Å². The highest BCUT2D eigenvalue weighted by atomic mass is 79.9. The Morgan fingerprint density at radius 3 is 2.64 bits per heavy atom. The van der Waals surface area contributed by atoms with Crippen LogP contribution in [0.5, 0.6) is 0 Å². The summed E-state index contributed by atoms with van der Waals surface area (Å²) in [5.41, 5.74) is 3.22. The van der Waals surface area contributed by atoms with Crippen molar-refractivity contribution in [1.82, 2.24) is 15.0 Å². The number of halogens is 1. The first kappa shape index (κ1) is 17.5. The monoisotopic (exact) mass is 417 g/mol. The average molecular weight is 418 g/mol. The van der Waals surface area contributed by atoms with Crippen LogP contribution in [0.4, 0.5) is 16.8 Å². The lowest BCUT2D eigenvalue weighted by Gasteiger charge is -2.04. The molecule has 2 N–H and O–H groups in total. The summed E-state index contributed by atoms with van der Waals surface area (Å²) in [6.07, 6.45) is 0.207. The molecule has 1 aromatic carbocycles. The van der Waals surface area contributed by atoms with E-state index in [1.54, 1.807) is 0 Å². The van der Waals surface area contributed by atoms with Crippen molar-refractivity contribution in [2.75, 3.05) is 10.6 Å². The van der Waals surface area contributed by atoms with Crippen LogP contribution in [-0.4, -0.2) is 20.9 Å². The molecule has 0 aliphatic carbocycles. The molecule has 2 heterocycles. The zero-order valence-electron chi connectivity index (χ0n) is 13.7. The van der Waals surface area contributed by atoms with Crippen molar-refractivity contribution in [2.24, 2.45) is 0 Å². The SMILES string of the molecule is Cc1cc(C)nc(Nc2nc(CC(=O)Nc3cccc(Br)c3)cs2)n1. The van der Waals surface area contributed by atoms with Gasteiger partial charge in [-0.1, -0.05) is 22.0 Å². The zero-order chi connectivity index (χ0) is 17.8. The fourth-order valence-electron chi connectivity index (χ4n) is 2.26. The Kier molecular flexibility index (Phi) is 5.40. The number of rotatable bonds is 5. The molecule has 3 aromatic rings. The van der Waals surface area contributed by atoms with Gasteiger partial charge in [0.15, 0.2) is 5.13 Å². The van der Waals surface area contributed by atoms with Gasteiger partial charge in [-0.3, -0.25) is 4.79 Å². The Morgan fingerprint density at radius 1 is 1.16 bits per heavy atom. The number of carbonyl (C=O) groups is 1. The predicted octanol–water partition coefficient (Wildman–Crippen LogP) is 4.24. The number of nitrogens with zero attached hydrogens (tertiary/aromatic N) is 3. The third-order valence-electron chi connectivity index (χ3n) is 3.20. The third-order valence-corrected chi connectivity index (χ3v) is 4.50. The lowest BCUT2D eigenvalue weighted by Crippen LogP contribution is -2.14. The van der Waals surface area contributed by atoms with Crippen molar-refractivity contribution in [3.05, 3.63) is 57.3 Å². The number of amides is 1. The maximum Gasteiger partial charge on any atom is 0.230 e. The second kappa shape index (κ2) is 7.71. The molecule has 25 heavy (non-hydrogen) atoms. The van der Waals surface area contributed by atoms with Crippen molar-refractivity contribution in [3.8, 4) is 0 Å². The molecule has 0 aliphatic heterocycles. The summed E-state index contributed by atoms with van der Waals surface area (Å²) in [7, 11) is 0. The second-order valence-electron chi connectivity index (χ2n) is 5.48. The number of aryl methyl sites for hydroxylation is 2. The van der Waals surface area contributed by atoms with Gasteiger partial charge in [0.05, 0.1) is 12.1 Å². The first-order chi connectivity index (χ1) is 12.0. The molecule has 6 nitrogen and oxygen atoms in total. The van der Waals surface area contributed by atoms with Gasteiger partial charge >= 0.3 is 0 Å². The Labute approximate surface area is 157 Å². The van der Waals surface area contributed by atoms with E-state index < -0.39 is 0 Å². The summed E-state index contributed by atoms with van der Waals surface area (Å²) in [5, 5.41) is 8.45. The standard InChI is InChI=1S/C17H16BrN5OS/c1-10-6-11(2)20-16(19-10)23-17-22-14(9-25-17)8-15(24)21-13-5-3-4-12(18)7-13/h3-7,9H,8H2,1-2H3,(H,21,24)(H,19,20,22,23). The average Bonchev–Trinajstić information content (AvgIpc) is 2.92. The first-order valence-corrected chi connectivity index (χ1v) is 9.24. The van der Waals surface area contributed by atoms with Crippen LogP contribution in [0.3, 0.4) is 0 Å². The molecule has 1 amide bonds. The highest BCUT2D eigenvalue weighted by Gasteiger charge is 2.10. The second-order valence-corrected chi connectivity index (χ2v) is 7.25. The van der Waals surface area contributed by atoms with Crippen molar-refractivity contribution in [1.29, 1.82) is 0 Å². The molecular formula is C17H16BrN5OS. The molecule has 0 saturated carbocycles. The largest absolute Gasteiger partial charge is 0.326 e. The van der Waals surface area contributed by atoms with Gasteiger partial charge < -0.3 is 10.6 Å². The fourth-order valence-corrected chi connectivity index (χ4v) is 3.36. The fraction of sp³-hybridized carbons (Fsp3) is 0.176. The number of nitrogens with one attached hydrogen (secondary N) is 2. The van der Waals surface area contributed by atoms with Crippen molar-refractivity contribution < 1.29 is 4.79 Å². The molecular weight excluding hydrogens is 402 g/mol. The molecule has 8 heteroatoms. The minimum absolute atomic E-state index is 0.113.